The van der Waals surface area contributed by atoms with E-state index in [2.05, 4.69) is 0 Å². The first-order chi connectivity index (χ1) is 6.46. The highest BCUT2D eigenvalue weighted by Crippen LogP contribution is 2.14. The van der Waals surface area contributed by atoms with E-state index in [1.54, 1.807) is 0 Å². The highest BCUT2D eigenvalue weighted by Gasteiger charge is 2.14. The Labute approximate surface area is 81.5 Å². The summed E-state index contributed by atoms with van der Waals surface area (Å²) < 4.78 is 48.0. The van der Waals surface area contributed by atoms with E-state index < -0.39 is 27.2 Å². The van der Waals surface area contributed by atoms with Crippen molar-refractivity contribution in [3.8, 4) is 0 Å². The third-order valence-electron chi connectivity index (χ3n) is 1.85. The van der Waals surface area contributed by atoms with Crippen molar-refractivity contribution in [1.29, 1.82) is 0 Å². The topological polar surface area (TPSA) is 34.1 Å². The fourth-order valence-electron chi connectivity index (χ4n) is 0.999. The standard InChI is InChI=1S/C9H10F2O2S/c1-2-14(12,13)6-7-4-3-5-8(10)9(7)11/h3-5H,2,6H2,1H3. The zero-order chi connectivity index (χ0) is 10.8. The number of hydrogen-bond donors (Lipinski definition) is 0. The van der Waals surface area contributed by atoms with E-state index in [-0.39, 0.29) is 11.3 Å². The van der Waals surface area contributed by atoms with Crippen molar-refractivity contribution >= 4 is 9.84 Å². The second-order valence-electron chi connectivity index (χ2n) is 2.89. The average Bonchev–Trinajstić information content (AvgIpc) is 2.13. The van der Waals surface area contributed by atoms with E-state index >= 15 is 0 Å². The highest BCUT2D eigenvalue weighted by atomic mass is 32.2. The monoisotopic (exact) mass is 220 g/mol. The summed E-state index contributed by atoms with van der Waals surface area (Å²) in [5.41, 5.74) is -0.119. The van der Waals surface area contributed by atoms with Crippen LogP contribution in [0.4, 0.5) is 8.78 Å². The third kappa shape index (κ3) is 2.51. The van der Waals surface area contributed by atoms with Gasteiger partial charge in [0.05, 0.1) is 5.75 Å². The van der Waals surface area contributed by atoms with Gasteiger partial charge in [-0.1, -0.05) is 19.1 Å². The maximum Gasteiger partial charge on any atom is 0.163 e. The van der Waals surface area contributed by atoms with E-state index in [4.69, 9.17) is 0 Å². The molecule has 2 nitrogen and oxygen atoms in total. The minimum absolute atomic E-state index is 0.0804. The first-order valence-electron chi connectivity index (χ1n) is 4.09. The van der Waals surface area contributed by atoms with Gasteiger partial charge in [-0.3, -0.25) is 0 Å². The predicted molar refractivity (Wildman–Crippen MR) is 49.5 cm³/mol. The van der Waals surface area contributed by atoms with Crippen LogP contribution in [0.2, 0.25) is 0 Å². The van der Waals surface area contributed by atoms with E-state index in [1.165, 1.54) is 19.1 Å². The molecule has 0 aromatic heterocycles. The van der Waals surface area contributed by atoms with Crippen molar-refractivity contribution in [2.24, 2.45) is 0 Å². The van der Waals surface area contributed by atoms with Gasteiger partial charge in [0.25, 0.3) is 0 Å². The quantitative estimate of drug-likeness (QED) is 0.779. The van der Waals surface area contributed by atoms with Crippen molar-refractivity contribution < 1.29 is 17.2 Å². The van der Waals surface area contributed by atoms with Crippen LogP contribution in [0.15, 0.2) is 18.2 Å². The molecule has 0 saturated heterocycles. The van der Waals surface area contributed by atoms with Crippen LogP contribution in [0.5, 0.6) is 0 Å². The van der Waals surface area contributed by atoms with Gasteiger partial charge in [-0.25, -0.2) is 17.2 Å². The third-order valence-corrected chi connectivity index (χ3v) is 3.48. The number of benzene rings is 1. The lowest BCUT2D eigenvalue weighted by atomic mass is 10.2. The first kappa shape index (κ1) is 11.1. The smallest absolute Gasteiger partial charge is 0.163 e. The summed E-state index contributed by atoms with van der Waals surface area (Å²) in [5, 5.41) is 0. The minimum Gasteiger partial charge on any atom is -0.229 e. The van der Waals surface area contributed by atoms with Crippen LogP contribution in [-0.4, -0.2) is 14.2 Å². The molecule has 1 aromatic carbocycles. The van der Waals surface area contributed by atoms with Gasteiger partial charge in [0.15, 0.2) is 21.5 Å². The van der Waals surface area contributed by atoms with Crippen molar-refractivity contribution in [3.05, 3.63) is 35.4 Å². The molecule has 0 aliphatic carbocycles. The zero-order valence-electron chi connectivity index (χ0n) is 7.63. The molecule has 0 spiro atoms. The van der Waals surface area contributed by atoms with Crippen LogP contribution in [0.1, 0.15) is 12.5 Å². The van der Waals surface area contributed by atoms with Crippen molar-refractivity contribution in [2.45, 2.75) is 12.7 Å². The van der Waals surface area contributed by atoms with E-state index in [0.717, 1.165) is 6.07 Å². The normalized spacial score (nSPS) is 11.6. The lowest BCUT2D eigenvalue weighted by Gasteiger charge is -2.03. The maximum atomic E-state index is 13.0. The van der Waals surface area contributed by atoms with E-state index in [0.29, 0.717) is 0 Å². The molecule has 0 unspecified atom stereocenters. The largest absolute Gasteiger partial charge is 0.229 e. The van der Waals surface area contributed by atoms with Crippen molar-refractivity contribution in [1.82, 2.24) is 0 Å². The van der Waals surface area contributed by atoms with Crippen LogP contribution in [0.25, 0.3) is 0 Å². The molecule has 0 heterocycles. The molecule has 0 amide bonds. The first-order valence-corrected chi connectivity index (χ1v) is 5.91. The Morgan fingerprint density at radius 1 is 1.29 bits per heavy atom. The van der Waals surface area contributed by atoms with Crippen LogP contribution >= 0.6 is 0 Å². The Bertz CT molecular complexity index is 426. The van der Waals surface area contributed by atoms with Gasteiger partial charge < -0.3 is 0 Å². The van der Waals surface area contributed by atoms with Crippen molar-refractivity contribution in [2.75, 3.05) is 5.75 Å². The lowest BCUT2D eigenvalue weighted by molar-refractivity contribution is 0.501. The summed E-state index contributed by atoms with van der Waals surface area (Å²) >= 11 is 0. The summed E-state index contributed by atoms with van der Waals surface area (Å²) in [6.45, 7) is 1.46. The molecule has 0 aliphatic heterocycles. The second kappa shape index (κ2) is 4.04. The number of rotatable bonds is 3. The molecule has 1 rings (SSSR count). The van der Waals surface area contributed by atoms with E-state index in [9.17, 15) is 17.2 Å². The molecule has 0 aliphatic rings. The summed E-state index contributed by atoms with van der Waals surface area (Å²) in [6.07, 6.45) is 0. The zero-order valence-corrected chi connectivity index (χ0v) is 8.44. The molecular weight excluding hydrogens is 210 g/mol. The lowest BCUT2D eigenvalue weighted by Crippen LogP contribution is -2.08. The molecule has 0 bridgehead atoms. The van der Waals surface area contributed by atoms with Crippen LogP contribution in [0, 0.1) is 11.6 Å². The maximum absolute atomic E-state index is 13.0. The number of halogens is 2. The highest BCUT2D eigenvalue weighted by molar-refractivity contribution is 7.90. The molecular formula is C9H10F2O2S. The molecule has 0 fully saturated rings. The molecule has 14 heavy (non-hydrogen) atoms. The summed E-state index contributed by atoms with van der Waals surface area (Å²) in [6, 6.07) is 3.52. The van der Waals surface area contributed by atoms with Gasteiger partial charge >= 0.3 is 0 Å². The van der Waals surface area contributed by atoms with Gasteiger partial charge in [-0.15, -0.1) is 0 Å². The SMILES string of the molecule is CCS(=O)(=O)Cc1cccc(F)c1F. The van der Waals surface area contributed by atoms with Crippen LogP contribution < -0.4 is 0 Å². The Balaban J connectivity index is 3.05. The second-order valence-corrected chi connectivity index (χ2v) is 5.24. The van der Waals surface area contributed by atoms with E-state index in [1.807, 2.05) is 0 Å². The van der Waals surface area contributed by atoms with Crippen molar-refractivity contribution in [3.63, 3.8) is 0 Å². The minimum atomic E-state index is -3.32. The van der Waals surface area contributed by atoms with Gasteiger partial charge in [0.2, 0.25) is 0 Å². The molecule has 0 N–H and O–H groups in total. The Hall–Kier alpha value is -0.970. The predicted octanol–water partition coefficient (Wildman–Crippen LogP) is 1.90. The molecule has 5 heteroatoms. The number of sulfone groups is 1. The van der Waals surface area contributed by atoms with Gasteiger partial charge in [-0.2, -0.15) is 0 Å². The number of hydrogen-bond acceptors (Lipinski definition) is 2. The molecule has 1 aromatic rings. The fraction of sp³-hybridized carbons (Fsp3) is 0.333. The summed E-state index contributed by atoms with van der Waals surface area (Å²) in [5.74, 6) is -2.63. The Morgan fingerprint density at radius 3 is 2.50 bits per heavy atom. The van der Waals surface area contributed by atoms with Crippen LogP contribution in [-0.2, 0) is 15.6 Å². The summed E-state index contributed by atoms with van der Waals surface area (Å²) in [7, 11) is -3.32. The van der Waals surface area contributed by atoms with Gasteiger partial charge in [0.1, 0.15) is 0 Å². The Kier molecular flexibility index (Phi) is 3.21. The average molecular weight is 220 g/mol. The summed E-state index contributed by atoms with van der Waals surface area (Å²) in [4.78, 5) is 0. The van der Waals surface area contributed by atoms with Gasteiger partial charge in [-0.05, 0) is 6.07 Å². The van der Waals surface area contributed by atoms with Gasteiger partial charge in [0, 0.05) is 11.3 Å². The molecule has 78 valence electrons. The molecule has 0 saturated carbocycles. The molecule has 0 radical (unpaired) electrons. The molecule has 0 atom stereocenters. The van der Waals surface area contributed by atoms with Crippen LogP contribution in [0.3, 0.4) is 0 Å². The fourth-order valence-corrected chi connectivity index (χ4v) is 1.90. The Morgan fingerprint density at radius 2 is 1.93 bits per heavy atom.